The number of hydrogen-bond acceptors (Lipinski definition) is 2. The summed E-state index contributed by atoms with van der Waals surface area (Å²) >= 11 is 0. The Hall–Kier alpha value is -1.64. The molecule has 2 heteroatoms. The zero-order valence-corrected chi connectivity index (χ0v) is 15.9. The Balaban J connectivity index is 1.25. The molecule has 2 aromatic carbocycles. The summed E-state index contributed by atoms with van der Waals surface area (Å²) in [5.74, 6) is 1.62. The number of nitrogens with zero attached hydrogens (tertiary/aromatic N) is 2. The van der Waals surface area contributed by atoms with E-state index in [1.165, 1.54) is 64.0 Å². The molecule has 0 N–H and O–H groups in total. The molecule has 2 aromatic rings. The SMILES string of the molecule is c1ccc(CN2CC[C@@H](CN3CCCC(c4ccccc4)CC3)C2)cc1. The Labute approximate surface area is 158 Å². The molecule has 0 aromatic heterocycles. The number of rotatable bonds is 5. The van der Waals surface area contributed by atoms with E-state index < -0.39 is 0 Å². The maximum absolute atomic E-state index is 2.75. The Kier molecular flexibility index (Phi) is 6.03. The predicted octanol–water partition coefficient (Wildman–Crippen LogP) is 4.78. The van der Waals surface area contributed by atoms with Gasteiger partial charge in [-0.05, 0) is 68.3 Å². The smallest absolute Gasteiger partial charge is 0.0233 e. The lowest BCUT2D eigenvalue weighted by Gasteiger charge is -2.24. The molecule has 2 aliphatic rings. The van der Waals surface area contributed by atoms with Crippen LogP contribution in [0, 0.1) is 5.92 Å². The van der Waals surface area contributed by atoms with Crippen molar-refractivity contribution in [3.63, 3.8) is 0 Å². The van der Waals surface area contributed by atoms with Crippen LogP contribution in [0.3, 0.4) is 0 Å². The van der Waals surface area contributed by atoms with Gasteiger partial charge in [0.2, 0.25) is 0 Å². The lowest BCUT2D eigenvalue weighted by Crippen LogP contribution is -2.32. The first kappa shape index (κ1) is 17.8. The molecule has 138 valence electrons. The Morgan fingerprint density at radius 3 is 2.27 bits per heavy atom. The molecule has 0 saturated carbocycles. The van der Waals surface area contributed by atoms with E-state index in [-0.39, 0.29) is 0 Å². The summed E-state index contributed by atoms with van der Waals surface area (Å²) in [7, 11) is 0. The Bertz CT molecular complexity index is 654. The second-order valence-electron chi connectivity index (χ2n) is 8.21. The Morgan fingerprint density at radius 2 is 1.46 bits per heavy atom. The maximum atomic E-state index is 2.75. The van der Waals surface area contributed by atoms with Gasteiger partial charge in [-0.25, -0.2) is 0 Å². The topological polar surface area (TPSA) is 6.48 Å². The zero-order chi connectivity index (χ0) is 17.6. The first-order valence-electron chi connectivity index (χ1n) is 10.4. The fourth-order valence-corrected chi connectivity index (χ4v) is 4.81. The van der Waals surface area contributed by atoms with Crippen LogP contribution in [-0.4, -0.2) is 42.5 Å². The van der Waals surface area contributed by atoms with Gasteiger partial charge in [0.05, 0.1) is 0 Å². The first-order chi connectivity index (χ1) is 12.9. The van der Waals surface area contributed by atoms with Crippen molar-refractivity contribution in [3.05, 3.63) is 71.8 Å². The van der Waals surface area contributed by atoms with E-state index in [0.29, 0.717) is 0 Å². The third kappa shape index (κ3) is 4.75. The van der Waals surface area contributed by atoms with Crippen LogP contribution in [0.2, 0.25) is 0 Å². The van der Waals surface area contributed by atoms with Crippen molar-refractivity contribution in [1.82, 2.24) is 9.80 Å². The van der Waals surface area contributed by atoms with Crippen molar-refractivity contribution in [1.29, 1.82) is 0 Å². The van der Waals surface area contributed by atoms with Crippen molar-refractivity contribution in [2.75, 3.05) is 32.7 Å². The molecule has 4 rings (SSSR count). The van der Waals surface area contributed by atoms with Gasteiger partial charge < -0.3 is 4.90 Å². The minimum absolute atomic E-state index is 0.763. The summed E-state index contributed by atoms with van der Waals surface area (Å²) in [5, 5.41) is 0. The largest absolute Gasteiger partial charge is 0.303 e. The number of likely N-dealkylation sites (tertiary alicyclic amines) is 2. The molecule has 26 heavy (non-hydrogen) atoms. The summed E-state index contributed by atoms with van der Waals surface area (Å²) in [6.07, 6.45) is 5.39. The van der Waals surface area contributed by atoms with Crippen molar-refractivity contribution < 1.29 is 0 Å². The second-order valence-corrected chi connectivity index (χ2v) is 8.21. The minimum Gasteiger partial charge on any atom is -0.303 e. The van der Waals surface area contributed by atoms with Gasteiger partial charge >= 0.3 is 0 Å². The summed E-state index contributed by atoms with van der Waals surface area (Å²) < 4.78 is 0. The molecule has 2 heterocycles. The fourth-order valence-electron chi connectivity index (χ4n) is 4.81. The molecule has 2 fully saturated rings. The lowest BCUT2D eigenvalue weighted by atomic mass is 9.92. The van der Waals surface area contributed by atoms with E-state index in [1.807, 2.05) is 0 Å². The number of benzene rings is 2. The van der Waals surface area contributed by atoms with Crippen molar-refractivity contribution in [2.45, 2.75) is 38.1 Å². The maximum Gasteiger partial charge on any atom is 0.0233 e. The van der Waals surface area contributed by atoms with Crippen LogP contribution in [0.25, 0.3) is 0 Å². The molecule has 0 radical (unpaired) electrons. The summed E-state index contributed by atoms with van der Waals surface area (Å²) in [6, 6.07) is 22.1. The highest BCUT2D eigenvalue weighted by Gasteiger charge is 2.26. The van der Waals surface area contributed by atoms with Crippen molar-refractivity contribution in [2.24, 2.45) is 5.92 Å². The molecule has 0 amide bonds. The number of hydrogen-bond donors (Lipinski definition) is 0. The third-order valence-electron chi connectivity index (χ3n) is 6.23. The minimum atomic E-state index is 0.763. The molecule has 0 bridgehead atoms. The van der Waals surface area contributed by atoms with Gasteiger partial charge in [0.1, 0.15) is 0 Å². The average Bonchev–Trinajstić information content (AvgIpc) is 2.98. The quantitative estimate of drug-likeness (QED) is 0.767. The van der Waals surface area contributed by atoms with Gasteiger partial charge in [0, 0.05) is 19.6 Å². The van der Waals surface area contributed by atoms with E-state index in [2.05, 4.69) is 70.5 Å². The van der Waals surface area contributed by atoms with Crippen LogP contribution in [0.5, 0.6) is 0 Å². The summed E-state index contributed by atoms with van der Waals surface area (Å²) in [4.78, 5) is 5.39. The normalized spacial score (nSPS) is 25.2. The van der Waals surface area contributed by atoms with Gasteiger partial charge in [-0.3, -0.25) is 4.90 Å². The molecular weight excluding hydrogens is 316 g/mol. The molecular formula is C24H32N2. The average molecular weight is 349 g/mol. The standard InChI is InChI=1S/C24H32N2/c1-3-8-21(9-4-1)18-26-16-13-22(20-26)19-25-15-7-12-24(14-17-25)23-10-5-2-6-11-23/h1-6,8-11,22,24H,7,12-20H2/t22-,24?/m0/s1. The molecule has 2 nitrogen and oxygen atoms in total. The van der Waals surface area contributed by atoms with E-state index in [9.17, 15) is 0 Å². The molecule has 1 unspecified atom stereocenters. The van der Waals surface area contributed by atoms with Gasteiger partial charge in [0.25, 0.3) is 0 Å². The van der Waals surface area contributed by atoms with Gasteiger partial charge in [-0.1, -0.05) is 60.7 Å². The van der Waals surface area contributed by atoms with E-state index in [0.717, 1.165) is 18.4 Å². The van der Waals surface area contributed by atoms with Crippen LogP contribution in [0.4, 0.5) is 0 Å². The second kappa shape index (κ2) is 8.83. The van der Waals surface area contributed by atoms with Crippen LogP contribution in [0.15, 0.2) is 60.7 Å². The molecule has 2 atom stereocenters. The van der Waals surface area contributed by atoms with Crippen LogP contribution in [-0.2, 0) is 6.54 Å². The zero-order valence-electron chi connectivity index (χ0n) is 15.9. The highest BCUT2D eigenvalue weighted by atomic mass is 15.2. The molecule has 0 aliphatic carbocycles. The third-order valence-corrected chi connectivity index (χ3v) is 6.23. The van der Waals surface area contributed by atoms with Crippen molar-refractivity contribution >= 4 is 0 Å². The van der Waals surface area contributed by atoms with E-state index >= 15 is 0 Å². The van der Waals surface area contributed by atoms with Gasteiger partial charge in [0.15, 0.2) is 0 Å². The highest BCUT2D eigenvalue weighted by Crippen LogP contribution is 2.29. The van der Waals surface area contributed by atoms with Crippen LogP contribution < -0.4 is 0 Å². The van der Waals surface area contributed by atoms with Gasteiger partial charge in [-0.2, -0.15) is 0 Å². The summed E-state index contributed by atoms with van der Waals surface area (Å²) in [6.45, 7) is 7.51. The lowest BCUT2D eigenvalue weighted by molar-refractivity contribution is 0.230. The van der Waals surface area contributed by atoms with E-state index in [1.54, 1.807) is 5.56 Å². The van der Waals surface area contributed by atoms with Crippen LogP contribution in [0.1, 0.15) is 42.7 Å². The predicted molar refractivity (Wildman–Crippen MR) is 109 cm³/mol. The molecule has 0 spiro atoms. The molecule has 2 aliphatic heterocycles. The van der Waals surface area contributed by atoms with E-state index in [4.69, 9.17) is 0 Å². The van der Waals surface area contributed by atoms with Crippen LogP contribution >= 0.6 is 0 Å². The fraction of sp³-hybridized carbons (Fsp3) is 0.500. The molecule has 2 saturated heterocycles. The van der Waals surface area contributed by atoms with Crippen molar-refractivity contribution in [3.8, 4) is 0 Å². The summed E-state index contributed by atoms with van der Waals surface area (Å²) in [5.41, 5.74) is 3.00. The monoisotopic (exact) mass is 348 g/mol. The Morgan fingerprint density at radius 1 is 0.731 bits per heavy atom. The van der Waals surface area contributed by atoms with Gasteiger partial charge in [-0.15, -0.1) is 0 Å². The first-order valence-corrected chi connectivity index (χ1v) is 10.4. The highest BCUT2D eigenvalue weighted by molar-refractivity contribution is 5.19.